The van der Waals surface area contributed by atoms with Gasteiger partial charge in [-0.05, 0) is 67.1 Å². The van der Waals surface area contributed by atoms with Crippen LogP contribution in [0.4, 0.5) is 0 Å². The molecule has 1 N–H and O–H groups in total. The van der Waals surface area contributed by atoms with Crippen molar-refractivity contribution in [3.63, 3.8) is 0 Å². The second kappa shape index (κ2) is 5.59. The van der Waals surface area contributed by atoms with Gasteiger partial charge in [0.2, 0.25) is 0 Å². The zero-order chi connectivity index (χ0) is 14.1. The Bertz CT molecular complexity index is 621. The minimum absolute atomic E-state index is 0.394. The van der Waals surface area contributed by atoms with E-state index in [1.807, 2.05) is 13.1 Å². The molecule has 0 saturated carbocycles. The highest BCUT2D eigenvalue weighted by Crippen LogP contribution is 2.41. The Kier molecular flexibility index (Phi) is 3.82. The average molecular weight is 286 g/mol. The molecule has 2 unspecified atom stereocenters. The highest BCUT2D eigenvalue weighted by atomic mass is 35.5. The Morgan fingerprint density at radius 3 is 2.75 bits per heavy atom. The number of halogens is 1. The van der Waals surface area contributed by atoms with Crippen LogP contribution in [0.1, 0.15) is 40.6 Å². The molecule has 0 bridgehead atoms. The van der Waals surface area contributed by atoms with Crippen molar-refractivity contribution >= 4 is 11.6 Å². The fourth-order valence-corrected chi connectivity index (χ4v) is 3.51. The van der Waals surface area contributed by atoms with Crippen molar-refractivity contribution in [3.8, 4) is 0 Å². The lowest BCUT2D eigenvalue weighted by molar-refractivity contribution is 0.451. The fourth-order valence-electron chi connectivity index (χ4n) is 3.29. The van der Waals surface area contributed by atoms with Crippen LogP contribution in [-0.2, 0) is 6.42 Å². The first-order chi connectivity index (χ1) is 9.69. The normalized spacial score (nSPS) is 18.2. The molecule has 104 valence electrons. The number of benzene rings is 2. The number of hydrogen-bond donors (Lipinski definition) is 1. The molecule has 20 heavy (non-hydrogen) atoms. The highest BCUT2D eigenvalue weighted by molar-refractivity contribution is 6.30. The minimum atomic E-state index is 0.394. The number of nitrogens with one attached hydrogen (secondary N) is 1. The molecule has 0 aliphatic heterocycles. The van der Waals surface area contributed by atoms with Crippen molar-refractivity contribution in [1.82, 2.24) is 5.32 Å². The van der Waals surface area contributed by atoms with E-state index in [0.717, 1.165) is 11.4 Å². The molecule has 0 amide bonds. The summed E-state index contributed by atoms with van der Waals surface area (Å²) in [6.45, 7) is 2.14. The summed E-state index contributed by atoms with van der Waals surface area (Å²) in [5.41, 5.74) is 5.67. The Morgan fingerprint density at radius 2 is 2.05 bits per heavy atom. The number of rotatable bonds is 4. The van der Waals surface area contributed by atoms with Gasteiger partial charge in [-0.2, -0.15) is 0 Å². The van der Waals surface area contributed by atoms with Gasteiger partial charge in [-0.3, -0.25) is 0 Å². The van der Waals surface area contributed by atoms with Gasteiger partial charge in [-0.1, -0.05) is 41.9 Å². The molecule has 0 aromatic heterocycles. The average Bonchev–Trinajstić information content (AvgIpc) is 2.41. The lowest BCUT2D eigenvalue weighted by Crippen LogP contribution is -2.25. The minimum Gasteiger partial charge on any atom is -0.313 e. The molecule has 0 saturated heterocycles. The van der Waals surface area contributed by atoms with Crippen LogP contribution in [0.2, 0.25) is 5.02 Å². The summed E-state index contributed by atoms with van der Waals surface area (Å²) < 4.78 is 0. The zero-order valence-electron chi connectivity index (χ0n) is 12.0. The number of hydrogen-bond acceptors (Lipinski definition) is 1. The van der Waals surface area contributed by atoms with Gasteiger partial charge in [-0.25, -0.2) is 0 Å². The van der Waals surface area contributed by atoms with E-state index < -0.39 is 0 Å². The molecule has 0 spiro atoms. The maximum absolute atomic E-state index is 6.06. The standard InChI is InChI=1S/C18H20ClN/c1-12-9-15(19)7-8-16(12)18(20-2)11-14-10-13-5-3-4-6-17(13)14/h3-9,14,18,20H,10-11H2,1-2H3. The molecular weight excluding hydrogens is 266 g/mol. The van der Waals surface area contributed by atoms with Crippen molar-refractivity contribution in [3.05, 3.63) is 69.7 Å². The van der Waals surface area contributed by atoms with E-state index >= 15 is 0 Å². The largest absolute Gasteiger partial charge is 0.313 e. The third kappa shape index (κ3) is 2.48. The highest BCUT2D eigenvalue weighted by Gasteiger charge is 2.28. The Hall–Kier alpha value is -1.31. The van der Waals surface area contributed by atoms with Crippen LogP contribution in [0, 0.1) is 6.92 Å². The van der Waals surface area contributed by atoms with Crippen molar-refractivity contribution in [2.24, 2.45) is 0 Å². The van der Waals surface area contributed by atoms with E-state index in [9.17, 15) is 0 Å². The first kappa shape index (κ1) is 13.7. The van der Waals surface area contributed by atoms with Crippen LogP contribution >= 0.6 is 11.6 Å². The van der Waals surface area contributed by atoms with E-state index in [-0.39, 0.29) is 0 Å². The second-order valence-electron chi connectivity index (χ2n) is 5.68. The molecule has 3 rings (SSSR count). The van der Waals surface area contributed by atoms with E-state index in [0.29, 0.717) is 12.0 Å². The molecular formula is C18H20ClN. The molecule has 2 aromatic carbocycles. The van der Waals surface area contributed by atoms with Crippen molar-refractivity contribution in [2.75, 3.05) is 7.05 Å². The Morgan fingerprint density at radius 1 is 1.25 bits per heavy atom. The molecule has 0 radical (unpaired) electrons. The van der Waals surface area contributed by atoms with Gasteiger partial charge in [0.25, 0.3) is 0 Å². The SMILES string of the molecule is CNC(CC1Cc2ccccc21)c1ccc(Cl)cc1C. The van der Waals surface area contributed by atoms with Crippen LogP contribution in [0.25, 0.3) is 0 Å². The van der Waals surface area contributed by atoms with Gasteiger partial charge in [-0.15, -0.1) is 0 Å². The van der Waals surface area contributed by atoms with Crippen LogP contribution in [-0.4, -0.2) is 7.05 Å². The smallest absolute Gasteiger partial charge is 0.0408 e. The summed E-state index contributed by atoms with van der Waals surface area (Å²) in [6.07, 6.45) is 2.36. The van der Waals surface area contributed by atoms with Gasteiger partial charge in [0.1, 0.15) is 0 Å². The van der Waals surface area contributed by atoms with E-state index in [1.54, 1.807) is 0 Å². The van der Waals surface area contributed by atoms with Gasteiger partial charge in [0.15, 0.2) is 0 Å². The molecule has 1 aliphatic rings. The molecule has 0 fully saturated rings. The quantitative estimate of drug-likeness (QED) is 0.863. The summed E-state index contributed by atoms with van der Waals surface area (Å²) in [5.74, 6) is 0.679. The molecule has 1 nitrogen and oxygen atoms in total. The van der Waals surface area contributed by atoms with Gasteiger partial charge >= 0.3 is 0 Å². The summed E-state index contributed by atoms with van der Waals surface area (Å²) in [6, 6.07) is 15.4. The van der Waals surface area contributed by atoms with Crippen LogP contribution in [0.15, 0.2) is 42.5 Å². The molecule has 2 atom stereocenters. The molecule has 0 heterocycles. The Labute approximate surface area is 126 Å². The maximum Gasteiger partial charge on any atom is 0.0408 e. The molecule has 2 aromatic rings. The molecule has 2 heteroatoms. The van der Waals surface area contributed by atoms with Gasteiger partial charge in [0.05, 0.1) is 0 Å². The lowest BCUT2D eigenvalue weighted by atomic mass is 9.73. The fraction of sp³-hybridized carbons (Fsp3) is 0.333. The summed E-state index contributed by atoms with van der Waals surface area (Å²) in [5, 5.41) is 4.28. The number of aryl methyl sites for hydroxylation is 1. The third-order valence-electron chi connectivity index (χ3n) is 4.44. The van der Waals surface area contributed by atoms with Crippen molar-refractivity contribution in [2.45, 2.75) is 31.7 Å². The lowest BCUT2D eigenvalue weighted by Gasteiger charge is -2.33. The molecule has 1 aliphatic carbocycles. The topological polar surface area (TPSA) is 12.0 Å². The zero-order valence-corrected chi connectivity index (χ0v) is 12.7. The first-order valence-corrected chi connectivity index (χ1v) is 7.58. The predicted octanol–water partition coefficient (Wildman–Crippen LogP) is 4.64. The van der Waals surface area contributed by atoms with Crippen molar-refractivity contribution < 1.29 is 0 Å². The monoisotopic (exact) mass is 285 g/mol. The Balaban J connectivity index is 1.79. The summed E-state index contributed by atoms with van der Waals surface area (Å²) >= 11 is 6.06. The van der Waals surface area contributed by atoms with Gasteiger partial charge < -0.3 is 5.32 Å². The summed E-state index contributed by atoms with van der Waals surface area (Å²) in [7, 11) is 2.04. The predicted molar refractivity (Wildman–Crippen MR) is 85.5 cm³/mol. The first-order valence-electron chi connectivity index (χ1n) is 7.20. The van der Waals surface area contributed by atoms with Crippen molar-refractivity contribution in [1.29, 1.82) is 0 Å². The van der Waals surface area contributed by atoms with E-state index in [4.69, 9.17) is 11.6 Å². The van der Waals surface area contributed by atoms with E-state index in [2.05, 4.69) is 48.6 Å². The number of fused-ring (bicyclic) bond motifs is 1. The van der Waals surface area contributed by atoms with Crippen LogP contribution < -0.4 is 5.32 Å². The maximum atomic E-state index is 6.06. The second-order valence-corrected chi connectivity index (χ2v) is 6.11. The summed E-state index contributed by atoms with van der Waals surface area (Å²) in [4.78, 5) is 0. The van der Waals surface area contributed by atoms with E-state index in [1.165, 1.54) is 28.7 Å². The van der Waals surface area contributed by atoms with Gasteiger partial charge in [0, 0.05) is 11.1 Å². The van der Waals surface area contributed by atoms with Crippen LogP contribution in [0.5, 0.6) is 0 Å². The van der Waals surface area contributed by atoms with Crippen LogP contribution in [0.3, 0.4) is 0 Å². The third-order valence-corrected chi connectivity index (χ3v) is 4.67.